The molecule has 3 N–H and O–H groups in total. The molecule has 0 spiro atoms. The Morgan fingerprint density at radius 3 is 2.82 bits per heavy atom. The predicted molar refractivity (Wildman–Crippen MR) is 84.4 cm³/mol. The van der Waals surface area contributed by atoms with Crippen molar-refractivity contribution in [1.82, 2.24) is 10.3 Å². The van der Waals surface area contributed by atoms with E-state index < -0.39 is 0 Å². The van der Waals surface area contributed by atoms with Gasteiger partial charge in [-0.05, 0) is 18.6 Å². The van der Waals surface area contributed by atoms with Crippen LogP contribution in [-0.4, -0.2) is 17.9 Å². The third kappa shape index (κ3) is 3.42. The van der Waals surface area contributed by atoms with Crippen molar-refractivity contribution < 1.29 is 10.1 Å². The summed E-state index contributed by atoms with van der Waals surface area (Å²) in [6.07, 6.45) is 2.25. The van der Waals surface area contributed by atoms with E-state index in [1.165, 1.54) is 6.20 Å². The number of benzene rings is 1. The Balaban J connectivity index is 2.45. The second-order valence-corrected chi connectivity index (χ2v) is 5.08. The van der Waals surface area contributed by atoms with E-state index in [1.807, 2.05) is 24.4 Å². The lowest BCUT2D eigenvalue weighted by molar-refractivity contribution is -0.479. The number of amides is 1. The number of carbonyl (C=O) groups is 1. The summed E-state index contributed by atoms with van der Waals surface area (Å²) in [5, 5.41) is 13.8. The topological polar surface area (TPSA) is 82.4 Å². The van der Waals surface area contributed by atoms with Crippen LogP contribution in [0.4, 0.5) is 11.4 Å². The first-order chi connectivity index (χ1) is 10.6. The molecule has 0 aliphatic heterocycles. The molecule has 0 saturated carbocycles. The van der Waals surface area contributed by atoms with Crippen LogP contribution in [0.2, 0.25) is 5.15 Å². The summed E-state index contributed by atoms with van der Waals surface area (Å²) in [4.78, 5) is 15.9. The van der Waals surface area contributed by atoms with Crippen molar-refractivity contribution in [3.8, 4) is 6.07 Å². The number of quaternary nitrogens is 1. The standard InChI is InChI=1S/C16H15ClN4O/c1-3-11-6-10(8-18)4-5-13(11)21-14-7-15(17)20-9-12(14)16(22)19-2/h4-7,9H,3H2,1-2H3,(H,19,22)(H,20,21)/p+1. The number of pyridine rings is 1. The van der Waals surface area contributed by atoms with Crippen LogP contribution < -0.4 is 10.6 Å². The molecular formula is C16H16ClN4O+. The van der Waals surface area contributed by atoms with Gasteiger partial charge in [0.15, 0.2) is 5.69 Å². The SMILES string of the molecule is CCc1cc(C#N)ccc1[NH2+]c1cc(Cl)ncc1C(=O)NC. The van der Waals surface area contributed by atoms with Gasteiger partial charge in [-0.2, -0.15) is 5.26 Å². The molecule has 0 saturated heterocycles. The second kappa shape index (κ2) is 7.03. The van der Waals surface area contributed by atoms with Crippen molar-refractivity contribution in [2.75, 3.05) is 7.05 Å². The van der Waals surface area contributed by atoms with Crippen LogP contribution in [0.5, 0.6) is 0 Å². The van der Waals surface area contributed by atoms with E-state index in [0.717, 1.165) is 17.7 Å². The summed E-state index contributed by atoms with van der Waals surface area (Å²) >= 11 is 5.95. The van der Waals surface area contributed by atoms with E-state index in [0.29, 0.717) is 22.0 Å². The summed E-state index contributed by atoms with van der Waals surface area (Å²) in [5.74, 6) is -0.220. The van der Waals surface area contributed by atoms with Crippen molar-refractivity contribution in [2.24, 2.45) is 0 Å². The predicted octanol–water partition coefficient (Wildman–Crippen LogP) is 2.06. The minimum absolute atomic E-state index is 0.220. The Kier molecular flexibility index (Phi) is 5.10. The Morgan fingerprint density at radius 2 is 2.18 bits per heavy atom. The average molecular weight is 316 g/mol. The molecule has 0 fully saturated rings. The van der Waals surface area contributed by atoms with Crippen LogP contribution in [0.1, 0.15) is 28.4 Å². The molecule has 0 aliphatic carbocycles. The number of carbonyl (C=O) groups excluding carboxylic acids is 1. The molecule has 2 aromatic rings. The number of hydrogen-bond acceptors (Lipinski definition) is 3. The number of halogens is 1. The number of nitrogens with two attached hydrogens (primary N) is 1. The van der Waals surface area contributed by atoms with Gasteiger partial charge in [0.05, 0.1) is 11.6 Å². The quantitative estimate of drug-likeness (QED) is 0.669. The molecule has 1 aromatic carbocycles. The summed E-state index contributed by atoms with van der Waals surface area (Å²) < 4.78 is 0. The number of nitrogens with zero attached hydrogens (tertiary/aromatic N) is 2. The molecule has 22 heavy (non-hydrogen) atoms. The fourth-order valence-electron chi connectivity index (χ4n) is 2.18. The van der Waals surface area contributed by atoms with Gasteiger partial charge in [0.25, 0.3) is 5.91 Å². The summed E-state index contributed by atoms with van der Waals surface area (Å²) in [5.41, 5.74) is 3.76. The third-order valence-electron chi connectivity index (χ3n) is 3.34. The van der Waals surface area contributed by atoms with Crippen molar-refractivity contribution >= 4 is 28.9 Å². The zero-order chi connectivity index (χ0) is 16.1. The Bertz CT molecular complexity index is 752. The fourth-order valence-corrected chi connectivity index (χ4v) is 2.34. The highest BCUT2D eigenvalue weighted by Gasteiger charge is 2.17. The molecule has 1 heterocycles. The molecule has 0 unspecified atom stereocenters. The van der Waals surface area contributed by atoms with E-state index >= 15 is 0 Å². The average Bonchev–Trinajstić information content (AvgIpc) is 2.54. The van der Waals surface area contributed by atoms with Crippen molar-refractivity contribution in [3.63, 3.8) is 0 Å². The van der Waals surface area contributed by atoms with Gasteiger partial charge in [-0.1, -0.05) is 18.5 Å². The Labute approximate surface area is 133 Å². The van der Waals surface area contributed by atoms with Crippen molar-refractivity contribution in [3.05, 3.63) is 52.3 Å². The molecule has 112 valence electrons. The summed E-state index contributed by atoms with van der Waals surface area (Å²) in [6.45, 7) is 2.02. The molecule has 6 heteroatoms. The molecular weight excluding hydrogens is 300 g/mol. The molecule has 1 aromatic heterocycles. The zero-order valence-corrected chi connectivity index (χ0v) is 13.1. The van der Waals surface area contributed by atoms with Gasteiger partial charge in [0.2, 0.25) is 0 Å². The van der Waals surface area contributed by atoms with Crippen molar-refractivity contribution in [2.45, 2.75) is 13.3 Å². The fraction of sp³-hybridized carbons (Fsp3) is 0.188. The molecule has 1 amide bonds. The first kappa shape index (κ1) is 16.0. The van der Waals surface area contributed by atoms with Gasteiger partial charge in [-0.25, -0.2) is 4.98 Å². The second-order valence-electron chi connectivity index (χ2n) is 4.70. The van der Waals surface area contributed by atoms with Gasteiger partial charge in [-0.3, -0.25) is 10.1 Å². The highest BCUT2D eigenvalue weighted by atomic mass is 35.5. The van der Waals surface area contributed by atoms with Crippen LogP contribution in [0, 0.1) is 11.3 Å². The lowest BCUT2D eigenvalue weighted by atomic mass is 10.1. The van der Waals surface area contributed by atoms with Gasteiger partial charge >= 0.3 is 0 Å². The smallest absolute Gasteiger partial charge is 0.258 e. The number of nitrogens with one attached hydrogen (secondary N) is 1. The van der Waals surface area contributed by atoms with Gasteiger partial charge in [0, 0.05) is 30.9 Å². The molecule has 2 rings (SSSR count). The Morgan fingerprint density at radius 1 is 1.41 bits per heavy atom. The number of aromatic nitrogens is 1. The molecule has 0 atom stereocenters. The van der Waals surface area contributed by atoms with E-state index in [9.17, 15) is 4.79 Å². The highest BCUT2D eigenvalue weighted by molar-refractivity contribution is 6.29. The number of rotatable bonds is 4. The first-order valence-electron chi connectivity index (χ1n) is 6.84. The maximum absolute atomic E-state index is 11.9. The van der Waals surface area contributed by atoms with Gasteiger partial charge in [-0.15, -0.1) is 0 Å². The van der Waals surface area contributed by atoms with Crippen LogP contribution >= 0.6 is 11.6 Å². The lowest BCUT2D eigenvalue weighted by Gasteiger charge is -2.09. The van der Waals surface area contributed by atoms with Crippen LogP contribution in [0.3, 0.4) is 0 Å². The van der Waals surface area contributed by atoms with E-state index in [2.05, 4.69) is 16.4 Å². The van der Waals surface area contributed by atoms with E-state index in [1.54, 1.807) is 19.2 Å². The monoisotopic (exact) mass is 315 g/mol. The Hall–Kier alpha value is -2.42. The number of aryl methyl sites for hydroxylation is 1. The number of nitriles is 1. The highest BCUT2D eigenvalue weighted by Crippen LogP contribution is 2.19. The number of hydrogen-bond donors (Lipinski definition) is 2. The van der Waals surface area contributed by atoms with Crippen molar-refractivity contribution in [1.29, 1.82) is 5.26 Å². The zero-order valence-electron chi connectivity index (χ0n) is 12.4. The van der Waals surface area contributed by atoms with Crippen LogP contribution in [-0.2, 0) is 6.42 Å². The molecule has 0 radical (unpaired) electrons. The van der Waals surface area contributed by atoms with Crippen LogP contribution in [0.25, 0.3) is 0 Å². The normalized spacial score (nSPS) is 10.1. The summed E-state index contributed by atoms with van der Waals surface area (Å²) in [7, 11) is 1.57. The third-order valence-corrected chi connectivity index (χ3v) is 3.54. The minimum atomic E-state index is -0.220. The van der Waals surface area contributed by atoms with Gasteiger partial charge < -0.3 is 5.32 Å². The largest absolute Gasteiger partial charge is 0.355 e. The van der Waals surface area contributed by atoms with E-state index in [4.69, 9.17) is 16.9 Å². The van der Waals surface area contributed by atoms with Gasteiger partial charge in [0.1, 0.15) is 16.4 Å². The summed E-state index contributed by atoms with van der Waals surface area (Å²) in [6, 6.07) is 9.28. The minimum Gasteiger partial charge on any atom is -0.355 e. The molecule has 0 aliphatic rings. The lowest BCUT2D eigenvalue weighted by Crippen LogP contribution is -2.72. The molecule has 0 bridgehead atoms. The first-order valence-corrected chi connectivity index (χ1v) is 7.22. The maximum Gasteiger partial charge on any atom is 0.258 e. The van der Waals surface area contributed by atoms with E-state index in [-0.39, 0.29) is 5.91 Å². The molecule has 5 nitrogen and oxygen atoms in total. The van der Waals surface area contributed by atoms with Crippen LogP contribution in [0.15, 0.2) is 30.5 Å². The maximum atomic E-state index is 11.9.